The fourth-order valence-corrected chi connectivity index (χ4v) is 2.42. The normalized spacial score (nSPS) is 11.7. The van der Waals surface area contributed by atoms with Crippen LogP contribution >= 0.6 is 0 Å². The third kappa shape index (κ3) is 7.99. The highest BCUT2D eigenvalue weighted by atomic mass is 19.4. The van der Waals surface area contributed by atoms with Crippen molar-refractivity contribution >= 4 is 35.6 Å². The number of amidine groups is 1. The van der Waals surface area contributed by atoms with Crippen LogP contribution in [0.15, 0.2) is 40.8 Å². The number of hydrogen-bond acceptors (Lipinski definition) is 9. The molecule has 12 nitrogen and oxygen atoms in total. The first-order valence-electron chi connectivity index (χ1n) is 9.35. The van der Waals surface area contributed by atoms with E-state index in [9.17, 15) is 37.1 Å². The second kappa shape index (κ2) is 11.0. The Hall–Kier alpha value is -4.69. The summed E-state index contributed by atoms with van der Waals surface area (Å²) in [6, 6.07) is 6.02. The molecule has 1 atom stereocenters. The Morgan fingerprint density at radius 3 is 2.26 bits per heavy atom. The highest BCUT2D eigenvalue weighted by molar-refractivity contribution is 5.95. The molecule has 2 aromatic rings. The summed E-state index contributed by atoms with van der Waals surface area (Å²) in [7, 11) is 0. The molecule has 0 bridgehead atoms. The van der Waals surface area contributed by atoms with Gasteiger partial charge in [-0.3, -0.25) is 15.0 Å². The molecule has 1 amide bonds. The Balaban J connectivity index is 1.93. The number of nitrogen functional groups attached to an aromatic ring is 1. The fraction of sp³-hybridized carbons (Fsp3) is 0.200. The van der Waals surface area contributed by atoms with Crippen LogP contribution < -0.4 is 15.8 Å². The Labute approximate surface area is 193 Å². The van der Waals surface area contributed by atoms with Gasteiger partial charge in [0.05, 0.1) is 12.8 Å². The largest absolute Gasteiger partial charge is 0.491 e. The van der Waals surface area contributed by atoms with Gasteiger partial charge in [0.2, 0.25) is 11.7 Å². The summed E-state index contributed by atoms with van der Waals surface area (Å²) in [4.78, 5) is 57.5. The molecule has 0 aliphatic carbocycles. The van der Waals surface area contributed by atoms with Gasteiger partial charge in [-0.1, -0.05) is 0 Å². The second-order valence-corrected chi connectivity index (χ2v) is 6.69. The molecule has 0 spiro atoms. The number of carboxylic acid groups (broad SMARTS) is 1. The molecule has 1 aromatic carbocycles. The van der Waals surface area contributed by atoms with E-state index < -0.39 is 54.8 Å². The Morgan fingerprint density at radius 1 is 1.09 bits per heavy atom. The van der Waals surface area contributed by atoms with Crippen LogP contribution in [0.3, 0.4) is 0 Å². The average Bonchev–Trinajstić information content (AvgIpc) is 3.21. The number of nitrogens with two attached hydrogens (primary N) is 1. The number of carbonyl (C=O) groups is 5. The molecule has 0 aliphatic heterocycles. The van der Waals surface area contributed by atoms with E-state index in [4.69, 9.17) is 25.4 Å². The maximum absolute atomic E-state index is 12.2. The molecule has 1 heterocycles. The van der Waals surface area contributed by atoms with Crippen LogP contribution in [-0.2, 0) is 30.3 Å². The van der Waals surface area contributed by atoms with Crippen molar-refractivity contribution in [2.24, 2.45) is 5.73 Å². The number of nitrogens with one attached hydrogen (secondary N) is 2. The molecule has 1 aromatic heterocycles. The van der Waals surface area contributed by atoms with Gasteiger partial charge in [-0.25, -0.2) is 14.4 Å². The van der Waals surface area contributed by atoms with E-state index in [0.717, 1.165) is 0 Å². The van der Waals surface area contributed by atoms with Crippen molar-refractivity contribution in [3.05, 3.63) is 53.5 Å². The van der Waals surface area contributed by atoms with E-state index in [-0.39, 0.29) is 23.1 Å². The summed E-state index contributed by atoms with van der Waals surface area (Å²) >= 11 is 0. The lowest BCUT2D eigenvalue weighted by molar-refractivity contribution is -0.202. The van der Waals surface area contributed by atoms with Crippen LogP contribution in [0.25, 0.3) is 0 Å². The number of amides is 1. The first kappa shape index (κ1) is 26.6. The average molecular weight is 499 g/mol. The topological polar surface area (TPSA) is 199 Å². The van der Waals surface area contributed by atoms with Crippen LogP contribution in [0.5, 0.6) is 5.75 Å². The van der Waals surface area contributed by atoms with E-state index in [1.54, 1.807) is 0 Å². The van der Waals surface area contributed by atoms with Crippen LogP contribution in [-0.4, -0.2) is 52.9 Å². The van der Waals surface area contributed by atoms with Crippen molar-refractivity contribution in [1.29, 1.82) is 5.41 Å². The summed E-state index contributed by atoms with van der Waals surface area (Å²) in [5, 5.41) is 18.2. The maximum Gasteiger partial charge on any atom is 0.491 e. The van der Waals surface area contributed by atoms with Crippen LogP contribution in [0.4, 0.5) is 13.2 Å². The number of furan rings is 1. The Kier molecular flexibility index (Phi) is 8.31. The molecule has 0 aliphatic rings. The molecule has 186 valence electrons. The molecule has 0 saturated carbocycles. The van der Waals surface area contributed by atoms with Crippen LogP contribution in [0.2, 0.25) is 0 Å². The number of carbonyl (C=O) groups excluding carboxylic acids is 4. The number of aliphatic carboxylic acids is 1. The van der Waals surface area contributed by atoms with Crippen molar-refractivity contribution in [2.75, 3.05) is 0 Å². The van der Waals surface area contributed by atoms with Gasteiger partial charge >= 0.3 is 30.1 Å². The smallest absolute Gasteiger partial charge is 0.480 e. The molecule has 5 N–H and O–H groups in total. The zero-order valence-electron chi connectivity index (χ0n) is 17.4. The van der Waals surface area contributed by atoms with Gasteiger partial charge in [-0.15, -0.1) is 0 Å². The molecule has 0 radical (unpaired) electrons. The summed E-state index contributed by atoms with van der Waals surface area (Å²) in [5.41, 5.74) is 5.72. The predicted molar refractivity (Wildman–Crippen MR) is 106 cm³/mol. The molecule has 0 fully saturated rings. The summed E-state index contributed by atoms with van der Waals surface area (Å²) in [6.07, 6.45) is -7.34. The number of alkyl halides is 3. The van der Waals surface area contributed by atoms with E-state index in [1.807, 2.05) is 5.32 Å². The monoisotopic (exact) mass is 499 g/mol. The van der Waals surface area contributed by atoms with Crippen LogP contribution in [0, 0.1) is 5.41 Å². The Morgan fingerprint density at radius 2 is 1.71 bits per heavy atom. The van der Waals surface area contributed by atoms with Gasteiger partial charge in [0.1, 0.15) is 23.4 Å². The van der Waals surface area contributed by atoms with Crippen molar-refractivity contribution in [2.45, 2.75) is 25.1 Å². The van der Waals surface area contributed by atoms with E-state index in [2.05, 4.69) is 4.74 Å². The lowest BCUT2D eigenvalue weighted by atomic mass is 10.2. The fourth-order valence-electron chi connectivity index (χ4n) is 2.42. The Bertz CT molecular complexity index is 1160. The molecule has 0 saturated heterocycles. The van der Waals surface area contributed by atoms with E-state index >= 15 is 0 Å². The molecule has 35 heavy (non-hydrogen) atoms. The summed E-state index contributed by atoms with van der Waals surface area (Å²) in [6.45, 7) is 0. The zero-order valence-corrected chi connectivity index (χ0v) is 17.4. The lowest BCUT2D eigenvalue weighted by Gasteiger charge is -2.13. The molecular formula is C20H16F3N3O9. The van der Waals surface area contributed by atoms with Crippen molar-refractivity contribution in [3.8, 4) is 5.75 Å². The lowest BCUT2D eigenvalue weighted by Crippen LogP contribution is -2.43. The number of esters is 3. The first-order valence-corrected chi connectivity index (χ1v) is 9.35. The molecule has 2 rings (SSSR count). The zero-order chi connectivity index (χ0) is 26.3. The highest BCUT2D eigenvalue weighted by Crippen LogP contribution is 2.18. The van der Waals surface area contributed by atoms with Gasteiger partial charge in [0.15, 0.2) is 0 Å². The van der Waals surface area contributed by atoms with Gasteiger partial charge in [0, 0.05) is 5.56 Å². The van der Waals surface area contributed by atoms with Gasteiger partial charge in [-0.2, -0.15) is 13.2 Å². The number of rotatable bonds is 9. The molecule has 0 unspecified atom stereocenters. The SMILES string of the molecule is N=C(N)c1ccc(OC(=O)c2ccc(CC(=O)N[C@@H](CC(=O)OC(=O)C(F)(F)F)C(=O)O)o2)cc1. The van der Waals surface area contributed by atoms with Crippen molar-refractivity contribution < 1.29 is 56.1 Å². The number of carboxylic acids is 1. The quantitative estimate of drug-likeness (QED) is 0.126. The minimum absolute atomic E-state index is 0.107. The standard InChI is InChI=1S/C20H16F3N3O9/c21-20(22,23)19(32)35-15(28)8-12(17(29)30)26-14(27)7-11-5-6-13(33-11)18(31)34-10-3-1-9(2-4-10)16(24)25/h1-6,12H,7-8H2,(H3,24,25)(H,26,27)(H,29,30)/t12-/m0/s1. The molecule has 15 heteroatoms. The number of benzene rings is 1. The van der Waals surface area contributed by atoms with Crippen LogP contribution in [0.1, 0.15) is 28.3 Å². The first-order chi connectivity index (χ1) is 16.3. The van der Waals surface area contributed by atoms with E-state index in [0.29, 0.717) is 5.56 Å². The van der Waals surface area contributed by atoms with Gasteiger partial charge in [-0.05, 0) is 36.4 Å². The minimum atomic E-state index is -5.46. The summed E-state index contributed by atoms with van der Waals surface area (Å²) < 4.78 is 50.1. The minimum Gasteiger partial charge on any atom is -0.480 e. The van der Waals surface area contributed by atoms with E-state index in [1.165, 1.54) is 36.4 Å². The van der Waals surface area contributed by atoms with Gasteiger partial charge in [0.25, 0.3) is 0 Å². The number of halogens is 3. The third-order valence-corrected chi connectivity index (χ3v) is 4.02. The molecular weight excluding hydrogens is 483 g/mol. The van der Waals surface area contributed by atoms with Crippen molar-refractivity contribution in [1.82, 2.24) is 5.32 Å². The maximum atomic E-state index is 12.2. The predicted octanol–water partition coefficient (Wildman–Crippen LogP) is 0.917. The van der Waals surface area contributed by atoms with Crippen molar-refractivity contribution in [3.63, 3.8) is 0 Å². The third-order valence-electron chi connectivity index (χ3n) is 4.02. The second-order valence-electron chi connectivity index (χ2n) is 6.69. The highest BCUT2D eigenvalue weighted by Gasteiger charge is 2.43. The number of hydrogen-bond donors (Lipinski definition) is 4. The summed E-state index contributed by atoms with van der Waals surface area (Å²) in [5.74, 6) is -8.90. The van der Waals surface area contributed by atoms with Gasteiger partial charge < -0.3 is 30.0 Å². The number of ether oxygens (including phenoxy) is 2.